The zero-order valence-electron chi connectivity index (χ0n) is 9.64. The lowest BCUT2D eigenvalue weighted by atomic mass is 10.3. The zero-order valence-corrected chi connectivity index (χ0v) is 10.5. The first-order chi connectivity index (χ1) is 8.72. The highest BCUT2D eigenvalue weighted by Crippen LogP contribution is 2.26. The number of anilines is 2. The lowest BCUT2D eigenvalue weighted by Crippen LogP contribution is -2.20. The molecule has 0 aliphatic carbocycles. The standard InChI is InChI=1S/C9H12N6O2S/c1-11-8(16)6-7(10)15-18-9(6)12-3-2-5-13-4-14-17-5/h4,12H,2-3H2,1H3,(H2,10,15)(H,11,16). The summed E-state index contributed by atoms with van der Waals surface area (Å²) in [6, 6.07) is 0. The minimum absolute atomic E-state index is 0.222. The van der Waals surface area contributed by atoms with Gasteiger partial charge in [0.1, 0.15) is 10.6 Å². The predicted octanol–water partition coefficient (Wildman–Crippen LogP) is 0.122. The molecule has 0 saturated carbocycles. The molecule has 2 aromatic rings. The van der Waals surface area contributed by atoms with E-state index in [4.69, 9.17) is 10.3 Å². The Hall–Kier alpha value is -2.16. The van der Waals surface area contributed by atoms with Crippen LogP contribution in [0.25, 0.3) is 0 Å². The zero-order chi connectivity index (χ0) is 13.0. The van der Waals surface area contributed by atoms with Crippen LogP contribution in [0.5, 0.6) is 0 Å². The maximum absolute atomic E-state index is 11.6. The third-order valence-electron chi connectivity index (χ3n) is 2.20. The Morgan fingerprint density at radius 1 is 1.61 bits per heavy atom. The van der Waals surface area contributed by atoms with Crippen molar-refractivity contribution in [3.8, 4) is 0 Å². The molecule has 0 bridgehead atoms. The first-order valence-corrected chi connectivity index (χ1v) is 5.96. The van der Waals surface area contributed by atoms with E-state index in [0.29, 0.717) is 29.4 Å². The lowest BCUT2D eigenvalue weighted by Gasteiger charge is -2.04. The molecule has 4 N–H and O–H groups in total. The first-order valence-electron chi connectivity index (χ1n) is 5.19. The Balaban J connectivity index is 1.99. The number of carbonyl (C=O) groups is 1. The highest BCUT2D eigenvalue weighted by Gasteiger charge is 2.17. The van der Waals surface area contributed by atoms with Crippen molar-refractivity contribution in [1.82, 2.24) is 19.8 Å². The van der Waals surface area contributed by atoms with Crippen LogP contribution >= 0.6 is 11.5 Å². The van der Waals surface area contributed by atoms with Gasteiger partial charge in [0.15, 0.2) is 12.1 Å². The van der Waals surface area contributed by atoms with Crippen LogP contribution in [0, 0.1) is 0 Å². The number of nitrogens with one attached hydrogen (secondary N) is 2. The third-order valence-corrected chi connectivity index (χ3v) is 3.02. The molecule has 0 fully saturated rings. The van der Waals surface area contributed by atoms with Gasteiger partial charge >= 0.3 is 0 Å². The molecule has 1 amide bonds. The second-order valence-electron chi connectivity index (χ2n) is 3.36. The quantitative estimate of drug-likeness (QED) is 0.704. The second-order valence-corrected chi connectivity index (χ2v) is 4.14. The van der Waals surface area contributed by atoms with E-state index >= 15 is 0 Å². The molecule has 0 radical (unpaired) electrons. The number of nitrogens with zero attached hydrogens (tertiary/aromatic N) is 3. The summed E-state index contributed by atoms with van der Waals surface area (Å²) in [5, 5.41) is 9.73. The topological polar surface area (TPSA) is 119 Å². The van der Waals surface area contributed by atoms with Gasteiger partial charge in [0.2, 0.25) is 5.89 Å². The monoisotopic (exact) mass is 268 g/mol. The smallest absolute Gasteiger partial charge is 0.257 e. The summed E-state index contributed by atoms with van der Waals surface area (Å²) < 4.78 is 8.80. The Morgan fingerprint density at radius 2 is 2.44 bits per heavy atom. The molecular weight excluding hydrogens is 256 g/mol. The fraction of sp³-hybridized carbons (Fsp3) is 0.333. The highest BCUT2D eigenvalue weighted by atomic mass is 32.1. The molecule has 0 unspecified atom stereocenters. The fourth-order valence-electron chi connectivity index (χ4n) is 1.36. The number of hydrogen-bond acceptors (Lipinski definition) is 8. The summed E-state index contributed by atoms with van der Waals surface area (Å²) in [7, 11) is 1.54. The van der Waals surface area contributed by atoms with Crippen molar-refractivity contribution in [3.05, 3.63) is 17.8 Å². The van der Waals surface area contributed by atoms with Crippen molar-refractivity contribution in [2.45, 2.75) is 6.42 Å². The Bertz CT molecular complexity index is 523. The fourth-order valence-corrected chi connectivity index (χ4v) is 2.09. The predicted molar refractivity (Wildman–Crippen MR) is 66.4 cm³/mol. The van der Waals surface area contributed by atoms with Crippen molar-refractivity contribution >= 4 is 28.3 Å². The number of aromatic nitrogens is 3. The van der Waals surface area contributed by atoms with E-state index in [2.05, 4.69) is 25.1 Å². The van der Waals surface area contributed by atoms with E-state index < -0.39 is 0 Å². The van der Waals surface area contributed by atoms with Gasteiger partial charge in [-0.25, -0.2) is 0 Å². The number of hydrogen-bond donors (Lipinski definition) is 3. The molecule has 18 heavy (non-hydrogen) atoms. The maximum atomic E-state index is 11.6. The van der Waals surface area contributed by atoms with Crippen molar-refractivity contribution in [1.29, 1.82) is 0 Å². The minimum atomic E-state index is -0.262. The second kappa shape index (κ2) is 5.45. The van der Waals surface area contributed by atoms with Crippen molar-refractivity contribution in [3.63, 3.8) is 0 Å². The van der Waals surface area contributed by atoms with Crippen LogP contribution in [0.1, 0.15) is 16.2 Å². The van der Waals surface area contributed by atoms with Gasteiger partial charge in [-0.1, -0.05) is 5.16 Å². The maximum Gasteiger partial charge on any atom is 0.257 e. The molecule has 0 aliphatic rings. The average Bonchev–Trinajstić information content (AvgIpc) is 2.99. The number of nitrogen functional groups attached to an aromatic ring is 1. The van der Waals surface area contributed by atoms with E-state index in [-0.39, 0.29) is 11.7 Å². The first kappa shape index (κ1) is 12.3. The van der Waals surface area contributed by atoms with E-state index in [0.717, 1.165) is 11.5 Å². The highest BCUT2D eigenvalue weighted by molar-refractivity contribution is 7.11. The van der Waals surface area contributed by atoms with Crippen LogP contribution in [-0.2, 0) is 6.42 Å². The van der Waals surface area contributed by atoms with Gasteiger partial charge in [-0.15, -0.1) is 0 Å². The average molecular weight is 268 g/mol. The van der Waals surface area contributed by atoms with E-state index in [1.54, 1.807) is 7.05 Å². The molecule has 9 heteroatoms. The summed E-state index contributed by atoms with van der Waals surface area (Å²) in [6.45, 7) is 0.549. The van der Waals surface area contributed by atoms with Crippen molar-refractivity contribution in [2.24, 2.45) is 0 Å². The van der Waals surface area contributed by atoms with E-state index in [1.165, 1.54) is 6.33 Å². The summed E-state index contributed by atoms with van der Waals surface area (Å²) in [6.07, 6.45) is 1.90. The molecule has 0 saturated heterocycles. The largest absolute Gasteiger partial charge is 0.382 e. The molecule has 2 rings (SSSR count). The van der Waals surface area contributed by atoms with Gasteiger partial charge in [0.05, 0.1) is 0 Å². The van der Waals surface area contributed by atoms with Gasteiger partial charge in [0, 0.05) is 20.0 Å². The normalized spacial score (nSPS) is 10.3. The van der Waals surface area contributed by atoms with E-state index in [9.17, 15) is 4.79 Å². The summed E-state index contributed by atoms with van der Waals surface area (Å²) in [5.74, 6) is 0.489. The molecule has 96 valence electrons. The lowest BCUT2D eigenvalue weighted by molar-refractivity contribution is 0.0965. The van der Waals surface area contributed by atoms with Crippen LogP contribution in [-0.4, -0.2) is 34.0 Å². The minimum Gasteiger partial charge on any atom is -0.382 e. The molecule has 0 aliphatic heterocycles. The Morgan fingerprint density at radius 3 is 3.11 bits per heavy atom. The number of rotatable bonds is 5. The van der Waals surface area contributed by atoms with Crippen LogP contribution in [0.3, 0.4) is 0 Å². The van der Waals surface area contributed by atoms with Gasteiger partial charge in [-0.05, 0) is 11.5 Å². The Labute approximate surface area is 107 Å². The van der Waals surface area contributed by atoms with Crippen LogP contribution in [0.2, 0.25) is 0 Å². The number of nitrogens with two attached hydrogens (primary N) is 1. The summed E-state index contributed by atoms with van der Waals surface area (Å²) in [5.41, 5.74) is 6.01. The van der Waals surface area contributed by atoms with Gasteiger partial charge in [-0.3, -0.25) is 4.79 Å². The van der Waals surface area contributed by atoms with Crippen LogP contribution < -0.4 is 16.4 Å². The summed E-state index contributed by atoms with van der Waals surface area (Å²) >= 11 is 1.14. The van der Waals surface area contributed by atoms with Gasteiger partial charge < -0.3 is 20.9 Å². The number of carbonyl (C=O) groups excluding carboxylic acids is 1. The van der Waals surface area contributed by atoms with Crippen LogP contribution in [0.15, 0.2) is 10.9 Å². The molecule has 2 heterocycles. The van der Waals surface area contributed by atoms with Gasteiger partial charge in [0.25, 0.3) is 5.91 Å². The molecular formula is C9H12N6O2S. The van der Waals surface area contributed by atoms with E-state index in [1.807, 2.05) is 0 Å². The SMILES string of the molecule is CNC(=O)c1c(N)nsc1NCCc1ncno1. The van der Waals surface area contributed by atoms with Crippen LogP contribution in [0.4, 0.5) is 10.8 Å². The van der Waals surface area contributed by atoms with Crippen molar-refractivity contribution < 1.29 is 9.32 Å². The van der Waals surface area contributed by atoms with Gasteiger partial charge in [-0.2, -0.15) is 9.36 Å². The molecule has 2 aromatic heterocycles. The summed E-state index contributed by atoms with van der Waals surface area (Å²) in [4.78, 5) is 15.5. The Kier molecular flexibility index (Phi) is 3.72. The molecule has 0 atom stereocenters. The number of amides is 1. The molecule has 8 nitrogen and oxygen atoms in total. The molecule has 0 aromatic carbocycles. The molecule has 0 spiro atoms. The van der Waals surface area contributed by atoms with Crippen molar-refractivity contribution in [2.75, 3.05) is 24.6 Å². The third kappa shape index (κ3) is 2.56.